The zero-order chi connectivity index (χ0) is 18.2. The SMILES string of the molecule is Cc1ccc(Cl)cc1NCC(=O)Nc1cccc(OCCC(C)C)c1. The molecule has 0 aliphatic heterocycles. The van der Waals surface area contributed by atoms with Gasteiger partial charge in [-0.05, 0) is 49.1 Å². The quantitative estimate of drug-likeness (QED) is 0.686. The van der Waals surface area contributed by atoms with Gasteiger partial charge in [-0.2, -0.15) is 0 Å². The van der Waals surface area contributed by atoms with Gasteiger partial charge in [0.25, 0.3) is 0 Å². The molecule has 2 N–H and O–H groups in total. The van der Waals surface area contributed by atoms with Gasteiger partial charge in [0, 0.05) is 22.5 Å². The highest BCUT2D eigenvalue weighted by Gasteiger charge is 2.06. The minimum Gasteiger partial charge on any atom is -0.494 e. The highest BCUT2D eigenvalue weighted by atomic mass is 35.5. The molecular formula is C20H25ClN2O2. The summed E-state index contributed by atoms with van der Waals surface area (Å²) in [6.45, 7) is 7.13. The molecule has 0 aliphatic rings. The van der Waals surface area contributed by atoms with Gasteiger partial charge in [0.1, 0.15) is 5.75 Å². The number of halogens is 1. The molecule has 0 radical (unpaired) electrons. The van der Waals surface area contributed by atoms with Crippen LogP contribution in [0.15, 0.2) is 42.5 Å². The highest BCUT2D eigenvalue weighted by molar-refractivity contribution is 6.30. The first-order valence-corrected chi connectivity index (χ1v) is 8.84. The van der Waals surface area contributed by atoms with E-state index >= 15 is 0 Å². The largest absolute Gasteiger partial charge is 0.494 e. The molecule has 0 saturated heterocycles. The lowest BCUT2D eigenvalue weighted by molar-refractivity contribution is -0.114. The molecule has 0 atom stereocenters. The van der Waals surface area contributed by atoms with Crippen molar-refractivity contribution in [2.45, 2.75) is 27.2 Å². The molecule has 134 valence electrons. The summed E-state index contributed by atoms with van der Waals surface area (Å²) < 4.78 is 5.72. The highest BCUT2D eigenvalue weighted by Crippen LogP contribution is 2.20. The lowest BCUT2D eigenvalue weighted by Gasteiger charge is -2.12. The van der Waals surface area contributed by atoms with E-state index in [2.05, 4.69) is 24.5 Å². The first-order valence-electron chi connectivity index (χ1n) is 8.47. The first kappa shape index (κ1) is 19.1. The van der Waals surface area contributed by atoms with Crippen molar-refractivity contribution in [2.75, 3.05) is 23.8 Å². The molecule has 0 spiro atoms. The molecule has 2 rings (SSSR count). The van der Waals surface area contributed by atoms with Crippen molar-refractivity contribution in [1.29, 1.82) is 0 Å². The summed E-state index contributed by atoms with van der Waals surface area (Å²) in [5.41, 5.74) is 2.61. The predicted octanol–water partition coefficient (Wildman–Crippen LogP) is 5.12. The van der Waals surface area contributed by atoms with E-state index in [1.54, 1.807) is 0 Å². The molecule has 5 heteroatoms. The molecule has 0 heterocycles. The molecule has 4 nitrogen and oxygen atoms in total. The second-order valence-electron chi connectivity index (χ2n) is 6.42. The van der Waals surface area contributed by atoms with Crippen LogP contribution in [0.3, 0.4) is 0 Å². The van der Waals surface area contributed by atoms with Crippen LogP contribution < -0.4 is 15.4 Å². The Morgan fingerprint density at radius 3 is 2.76 bits per heavy atom. The van der Waals surface area contributed by atoms with Crippen molar-refractivity contribution in [3.05, 3.63) is 53.1 Å². The molecule has 0 fully saturated rings. The van der Waals surface area contributed by atoms with Gasteiger partial charge in [0.05, 0.1) is 13.2 Å². The Morgan fingerprint density at radius 1 is 1.20 bits per heavy atom. The first-order chi connectivity index (χ1) is 11.9. The molecule has 0 aromatic heterocycles. The lowest BCUT2D eigenvalue weighted by atomic mass is 10.1. The van der Waals surface area contributed by atoms with Gasteiger partial charge in [0.15, 0.2) is 0 Å². The third kappa shape index (κ3) is 6.67. The smallest absolute Gasteiger partial charge is 0.243 e. The number of carbonyl (C=O) groups is 1. The van der Waals surface area contributed by atoms with Crippen LogP contribution in [0, 0.1) is 12.8 Å². The number of benzene rings is 2. The molecule has 25 heavy (non-hydrogen) atoms. The van der Waals surface area contributed by atoms with Gasteiger partial charge < -0.3 is 15.4 Å². The average molecular weight is 361 g/mol. The van der Waals surface area contributed by atoms with E-state index in [-0.39, 0.29) is 12.5 Å². The zero-order valence-corrected chi connectivity index (χ0v) is 15.7. The summed E-state index contributed by atoms with van der Waals surface area (Å²) in [5, 5.41) is 6.62. The van der Waals surface area contributed by atoms with E-state index in [9.17, 15) is 4.79 Å². The third-order valence-electron chi connectivity index (χ3n) is 3.72. The minimum atomic E-state index is -0.126. The number of aryl methyl sites for hydroxylation is 1. The van der Waals surface area contributed by atoms with Gasteiger partial charge in [-0.15, -0.1) is 0 Å². The average Bonchev–Trinajstić information content (AvgIpc) is 2.56. The number of amides is 1. The van der Waals surface area contributed by atoms with Gasteiger partial charge >= 0.3 is 0 Å². The third-order valence-corrected chi connectivity index (χ3v) is 3.96. The standard InChI is InChI=1S/C20H25ClN2O2/c1-14(2)9-10-25-18-6-4-5-17(12-18)23-20(24)13-22-19-11-16(21)8-7-15(19)3/h4-8,11-12,14,22H,9-10,13H2,1-3H3,(H,23,24). The van der Waals surface area contributed by atoms with Crippen molar-refractivity contribution in [1.82, 2.24) is 0 Å². The van der Waals surface area contributed by atoms with Crippen LogP contribution in [0.5, 0.6) is 5.75 Å². The number of hydrogen-bond donors (Lipinski definition) is 2. The predicted molar refractivity (Wildman–Crippen MR) is 105 cm³/mol. The van der Waals surface area contributed by atoms with Crippen LogP contribution in [0.25, 0.3) is 0 Å². The number of carbonyl (C=O) groups excluding carboxylic acids is 1. The van der Waals surface area contributed by atoms with Crippen molar-refractivity contribution in [3.8, 4) is 5.75 Å². The van der Waals surface area contributed by atoms with Crippen molar-refractivity contribution in [3.63, 3.8) is 0 Å². The van der Waals surface area contributed by atoms with Crippen LogP contribution in [0.2, 0.25) is 5.02 Å². The fourth-order valence-corrected chi connectivity index (χ4v) is 2.41. The van der Waals surface area contributed by atoms with Gasteiger partial charge in [0.2, 0.25) is 5.91 Å². The molecule has 1 amide bonds. The fourth-order valence-electron chi connectivity index (χ4n) is 2.24. The van der Waals surface area contributed by atoms with E-state index in [1.807, 2.05) is 49.4 Å². The second-order valence-corrected chi connectivity index (χ2v) is 6.86. The Kier molecular flexibility index (Phi) is 7.14. The number of ether oxygens (including phenoxy) is 1. The Bertz CT molecular complexity index is 717. The van der Waals surface area contributed by atoms with Crippen molar-refractivity contribution in [2.24, 2.45) is 5.92 Å². The summed E-state index contributed by atoms with van der Waals surface area (Å²) in [6, 6.07) is 13.0. The van der Waals surface area contributed by atoms with E-state index in [4.69, 9.17) is 16.3 Å². The summed E-state index contributed by atoms with van der Waals surface area (Å²) in [6.07, 6.45) is 0.999. The molecule has 0 unspecified atom stereocenters. The lowest BCUT2D eigenvalue weighted by Crippen LogP contribution is -2.22. The van der Waals surface area contributed by atoms with E-state index < -0.39 is 0 Å². The summed E-state index contributed by atoms with van der Waals surface area (Å²) >= 11 is 5.99. The summed E-state index contributed by atoms with van der Waals surface area (Å²) in [4.78, 5) is 12.1. The molecule has 0 saturated carbocycles. The Balaban J connectivity index is 1.86. The Hall–Kier alpha value is -2.20. The van der Waals surface area contributed by atoms with Crippen molar-refractivity contribution >= 4 is 28.9 Å². The Labute approximate surface area is 154 Å². The minimum absolute atomic E-state index is 0.126. The molecule has 2 aromatic carbocycles. The van der Waals surface area contributed by atoms with Gasteiger partial charge in [-0.3, -0.25) is 4.79 Å². The van der Waals surface area contributed by atoms with Crippen LogP contribution >= 0.6 is 11.6 Å². The monoisotopic (exact) mass is 360 g/mol. The second kappa shape index (κ2) is 9.33. The summed E-state index contributed by atoms with van der Waals surface area (Å²) in [5.74, 6) is 1.24. The number of rotatable bonds is 8. The normalized spacial score (nSPS) is 10.6. The molecule has 0 aliphatic carbocycles. The zero-order valence-electron chi connectivity index (χ0n) is 14.9. The maximum absolute atomic E-state index is 12.1. The molecular weight excluding hydrogens is 336 g/mol. The molecule has 0 bridgehead atoms. The van der Waals surface area contributed by atoms with Gasteiger partial charge in [-0.25, -0.2) is 0 Å². The number of hydrogen-bond acceptors (Lipinski definition) is 3. The molecule has 2 aromatic rings. The van der Waals surface area contributed by atoms with Crippen molar-refractivity contribution < 1.29 is 9.53 Å². The van der Waals surface area contributed by atoms with Crippen LogP contribution in [0.4, 0.5) is 11.4 Å². The van der Waals surface area contributed by atoms with Gasteiger partial charge in [-0.1, -0.05) is 37.6 Å². The van der Waals surface area contributed by atoms with E-state index in [0.29, 0.717) is 17.5 Å². The van der Waals surface area contributed by atoms with Crippen LogP contribution in [-0.2, 0) is 4.79 Å². The number of anilines is 2. The van der Waals surface area contributed by atoms with E-state index in [0.717, 1.165) is 29.1 Å². The Morgan fingerprint density at radius 2 is 2.00 bits per heavy atom. The van der Waals surface area contributed by atoms with Crippen LogP contribution in [-0.4, -0.2) is 19.1 Å². The topological polar surface area (TPSA) is 50.4 Å². The van der Waals surface area contributed by atoms with Crippen LogP contribution in [0.1, 0.15) is 25.8 Å². The summed E-state index contributed by atoms with van der Waals surface area (Å²) in [7, 11) is 0. The maximum Gasteiger partial charge on any atom is 0.243 e. The maximum atomic E-state index is 12.1. The fraction of sp³-hybridized carbons (Fsp3) is 0.350. The number of nitrogens with one attached hydrogen (secondary N) is 2. The van der Waals surface area contributed by atoms with E-state index in [1.165, 1.54) is 0 Å².